The highest BCUT2D eigenvalue weighted by Crippen LogP contribution is 2.46. The van der Waals surface area contributed by atoms with Gasteiger partial charge in [0.15, 0.2) is 34.9 Å². The molecule has 0 fully saturated rings. The van der Waals surface area contributed by atoms with Gasteiger partial charge in [-0.3, -0.25) is 0 Å². The molecular formula is C126H82N10. The third kappa shape index (κ3) is 14.5. The van der Waals surface area contributed by atoms with Crippen molar-refractivity contribution in [2.75, 3.05) is 0 Å². The van der Waals surface area contributed by atoms with Gasteiger partial charge in [0.25, 0.3) is 0 Å². The molecule has 636 valence electrons. The van der Waals surface area contributed by atoms with Gasteiger partial charge in [-0.15, -0.1) is 0 Å². The van der Waals surface area contributed by atoms with E-state index in [4.69, 9.17) is 29.9 Å². The van der Waals surface area contributed by atoms with Crippen LogP contribution in [0.2, 0.25) is 0 Å². The van der Waals surface area contributed by atoms with Gasteiger partial charge < -0.3 is 18.3 Å². The van der Waals surface area contributed by atoms with Crippen molar-refractivity contribution in [3.05, 3.63) is 497 Å². The number of hydrogen-bond acceptors (Lipinski definition) is 6. The Morgan fingerprint density at radius 3 is 0.706 bits per heavy atom. The van der Waals surface area contributed by atoms with Gasteiger partial charge in [0, 0.05) is 99.2 Å². The van der Waals surface area contributed by atoms with E-state index in [1.54, 1.807) is 0 Å². The molecule has 0 bridgehead atoms. The standard InChI is InChI=1S/2C63H41N5/c1-4-18-42(19-5-1)44-22-14-24-47(38-44)61-64-62(66-63(65-61)49-26-16-29-51(40-49)68-56-33-12-10-30-53(56)54-31-11-13-34-57(54)68)48-25-15-23-46(39-48)52-32-17-35-59-60(52)55-41-45(43-20-6-2-7-21-43)36-37-58(55)67(59)50-27-8-3-9-28-50;1-4-17-42(18-5-1)47-37-38-58-55(41-47)60-52(29-16-32-59(60)67(58)50-24-8-3-9-25-50)48-22-14-21-46(39-48)43-33-35-45(36-34-43)62-64-61(44-19-6-2-7-20-44)65-63(66-62)49-23-15-26-51(40-49)68-56-30-12-10-27-53(56)54-28-11-13-31-57(54)68/h2*1-41H. The molecule has 0 N–H and O–H groups in total. The molecule has 0 unspecified atom stereocenters. The molecule has 0 amide bonds. The maximum absolute atomic E-state index is 5.33. The maximum Gasteiger partial charge on any atom is 0.164 e. The van der Waals surface area contributed by atoms with Gasteiger partial charge in [0.1, 0.15) is 0 Å². The summed E-state index contributed by atoms with van der Waals surface area (Å²) in [7, 11) is 0. The lowest BCUT2D eigenvalue weighted by Crippen LogP contribution is -2.01. The van der Waals surface area contributed by atoms with Crippen LogP contribution in [0.1, 0.15) is 0 Å². The lowest BCUT2D eigenvalue weighted by atomic mass is 9.95. The fourth-order valence-corrected chi connectivity index (χ4v) is 20.0. The minimum atomic E-state index is 0.601. The third-order valence-electron chi connectivity index (χ3n) is 26.3. The summed E-state index contributed by atoms with van der Waals surface area (Å²) in [5.74, 6) is 3.68. The average Bonchev–Trinajstić information content (AvgIpc) is 1.58. The quantitative estimate of drug-likeness (QED) is 0.0956. The number of aromatic nitrogens is 10. The summed E-state index contributed by atoms with van der Waals surface area (Å²) in [6.07, 6.45) is 0. The molecule has 6 heterocycles. The number of benzene rings is 20. The first kappa shape index (κ1) is 79.8. The lowest BCUT2D eigenvalue weighted by Gasteiger charge is -2.13. The van der Waals surface area contributed by atoms with Crippen LogP contribution in [0.4, 0.5) is 0 Å². The molecule has 10 heteroatoms. The Labute approximate surface area is 785 Å². The van der Waals surface area contributed by atoms with Crippen LogP contribution in [-0.4, -0.2) is 48.2 Å². The second kappa shape index (κ2) is 34.2. The van der Waals surface area contributed by atoms with Crippen molar-refractivity contribution < 1.29 is 0 Å². The normalized spacial score (nSPS) is 11.5. The fraction of sp³-hybridized carbons (Fsp3) is 0. The van der Waals surface area contributed by atoms with Crippen LogP contribution >= 0.6 is 0 Å². The summed E-state index contributed by atoms with van der Waals surface area (Å²) in [4.78, 5) is 31.2. The Balaban J connectivity index is 0.000000145. The molecule has 6 aromatic heterocycles. The molecule has 136 heavy (non-hydrogen) atoms. The molecule has 0 aliphatic rings. The van der Waals surface area contributed by atoms with E-state index in [9.17, 15) is 0 Å². The summed E-state index contributed by atoms with van der Waals surface area (Å²) < 4.78 is 9.44. The first-order valence-corrected chi connectivity index (χ1v) is 46.0. The monoisotopic (exact) mass is 1730 g/mol. The molecule has 0 saturated carbocycles. The van der Waals surface area contributed by atoms with Gasteiger partial charge in [0.05, 0.1) is 44.1 Å². The van der Waals surface area contributed by atoms with Gasteiger partial charge in [-0.05, 0) is 194 Å². The van der Waals surface area contributed by atoms with E-state index in [-0.39, 0.29) is 0 Å². The van der Waals surface area contributed by atoms with Crippen molar-refractivity contribution in [1.29, 1.82) is 0 Å². The minimum absolute atomic E-state index is 0.601. The highest BCUT2D eigenvalue weighted by atomic mass is 15.1. The minimum Gasteiger partial charge on any atom is -0.309 e. The molecule has 0 aliphatic heterocycles. The van der Waals surface area contributed by atoms with Crippen LogP contribution in [0.25, 0.3) is 245 Å². The van der Waals surface area contributed by atoms with E-state index < -0.39 is 0 Å². The number of nitrogens with zero attached hydrogens (tertiary/aromatic N) is 10. The third-order valence-corrected chi connectivity index (χ3v) is 26.3. The van der Waals surface area contributed by atoms with Crippen molar-refractivity contribution in [2.45, 2.75) is 0 Å². The molecule has 0 radical (unpaired) electrons. The summed E-state index contributed by atoms with van der Waals surface area (Å²) in [5, 5.41) is 9.72. The zero-order valence-electron chi connectivity index (χ0n) is 73.8. The first-order chi connectivity index (χ1) is 67.4. The van der Waals surface area contributed by atoms with Gasteiger partial charge in [-0.2, -0.15) is 0 Å². The highest BCUT2D eigenvalue weighted by Gasteiger charge is 2.25. The van der Waals surface area contributed by atoms with Crippen LogP contribution in [0.15, 0.2) is 497 Å². The topological polar surface area (TPSA) is 97.1 Å². The molecular weight excluding hydrogens is 1650 g/mol. The largest absolute Gasteiger partial charge is 0.309 e. The van der Waals surface area contributed by atoms with E-state index in [0.29, 0.717) is 34.9 Å². The van der Waals surface area contributed by atoms with Gasteiger partial charge >= 0.3 is 0 Å². The van der Waals surface area contributed by atoms with Gasteiger partial charge in [-0.25, -0.2) is 29.9 Å². The molecule has 20 aromatic carbocycles. The predicted molar refractivity (Wildman–Crippen MR) is 562 cm³/mol. The summed E-state index contributed by atoms with van der Waals surface area (Å²) in [6, 6.07) is 176. The highest BCUT2D eigenvalue weighted by molar-refractivity contribution is 6.19. The fourth-order valence-electron chi connectivity index (χ4n) is 20.0. The van der Waals surface area contributed by atoms with Crippen molar-refractivity contribution in [2.24, 2.45) is 0 Å². The average molecular weight is 1740 g/mol. The summed E-state index contributed by atoms with van der Waals surface area (Å²) in [5.41, 5.74) is 32.9. The molecule has 10 nitrogen and oxygen atoms in total. The van der Waals surface area contributed by atoms with Gasteiger partial charge in [0.2, 0.25) is 0 Å². The number of hydrogen-bond donors (Lipinski definition) is 0. The van der Waals surface area contributed by atoms with E-state index >= 15 is 0 Å². The second-order valence-corrected chi connectivity index (χ2v) is 34.4. The van der Waals surface area contributed by atoms with E-state index in [0.717, 1.165) is 128 Å². The van der Waals surface area contributed by atoms with Crippen LogP contribution < -0.4 is 0 Å². The Hall–Kier alpha value is -18.4. The van der Waals surface area contributed by atoms with E-state index in [2.05, 4.69) is 491 Å². The summed E-state index contributed by atoms with van der Waals surface area (Å²) >= 11 is 0. The van der Waals surface area contributed by atoms with Crippen molar-refractivity contribution >= 4 is 87.2 Å². The molecule has 0 spiro atoms. The van der Waals surface area contributed by atoms with Crippen LogP contribution in [-0.2, 0) is 0 Å². The smallest absolute Gasteiger partial charge is 0.164 e. The number of rotatable bonds is 16. The molecule has 26 aromatic rings. The zero-order valence-corrected chi connectivity index (χ0v) is 73.8. The summed E-state index contributed by atoms with van der Waals surface area (Å²) in [6.45, 7) is 0. The lowest BCUT2D eigenvalue weighted by molar-refractivity contribution is 1.07. The van der Waals surface area contributed by atoms with Crippen molar-refractivity contribution in [3.8, 4) is 158 Å². The predicted octanol–water partition coefficient (Wildman–Crippen LogP) is 32.1. The Morgan fingerprint density at radius 2 is 0.331 bits per heavy atom. The van der Waals surface area contributed by atoms with Gasteiger partial charge in [-0.1, -0.05) is 370 Å². The Kier molecular flexibility index (Phi) is 20.0. The number of fused-ring (bicyclic) bond motifs is 12. The maximum atomic E-state index is 5.33. The first-order valence-electron chi connectivity index (χ1n) is 46.0. The zero-order chi connectivity index (χ0) is 89.9. The van der Waals surface area contributed by atoms with E-state index in [1.165, 1.54) is 81.9 Å². The molecule has 0 aliphatic carbocycles. The SMILES string of the molecule is c1ccc(-c2ccc3c(c2)c2c(-c4cccc(-c5ccc(-c6nc(-c7ccccc7)nc(-c7cccc(-n8c9ccccc9c9ccccc98)c7)n6)cc5)c4)cccc2n3-c2ccccc2)cc1.c1ccc(-c2cccc(-c3nc(-c4cccc(-c5cccc6c5c5cc(-c7ccccc7)ccc5n6-c5ccccc5)c4)nc(-c4cccc(-n5c6ccccc6c6ccccc65)c4)n3)c2)cc1. The van der Waals surface area contributed by atoms with E-state index in [1.807, 2.05) is 24.3 Å². The van der Waals surface area contributed by atoms with Crippen molar-refractivity contribution in [1.82, 2.24) is 48.2 Å². The second-order valence-electron chi connectivity index (χ2n) is 34.4. The van der Waals surface area contributed by atoms with Crippen molar-refractivity contribution in [3.63, 3.8) is 0 Å². The number of para-hydroxylation sites is 6. The van der Waals surface area contributed by atoms with Crippen LogP contribution in [0, 0.1) is 0 Å². The Bertz CT molecular complexity index is 8970. The molecule has 0 saturated heterocycles. The molecule has 0 atom stereocenters. The molecule has 26 rings (SSSR count). The Morgan fingerprint density at radius 1 is 0.118 bits per heavy atom. The van der Waals surface area contributed by atoms with Crippen LogP contribution in [0.5, 0.6) is 0 Å². The van der Waals surface area contributed by atoms with Crippen LogP contribution in [0.3, 0.4) is 0 Å².